The minimum atomic E-state index is 0.0125. The number of hydrogen-bond acceptors (Lipinski definition) is 2. The molecule has 1 unspecified atom stereocenters. The Bertz CT molecular complexity index is 931. The second kappa shape index (κ2) is 5.40. The molecule has 3 heteroatoms. The fourth-order valence-corrected chi connectivity index (χ4v) is 3.56. The molecule has 0 fully saturated rings. The van der Waals surface area contributed by atoms with Crippen LogP contribution in [0.25, 0.3) is 10.9 Å². The molecule has 1 atom stereocenters. The standard InChI is InChI=1S/C20H16N2O/c21-13-14-10-11-19-17(12-14)16-8-4-5-9-18(16)22(19)20(23)15-6-2-1-3-7-15/h1-9,14H,10-12H2. The molecule has 1 aliphatic rings. The molecule has 0 saturated carbocycles. The quantitative estimate of drug-likeness (QED) is 0.683. The summed E-state index contributed by atoms with van der Waals surface area (Å²) in [6, 6.07) is 19.8. The highest BCUT2D eigenvalue weighted by Gasteiger charge is 2.27. The summed E-state index contributed by atoms with van der Waals surface area (Å²) >= 11 is 0. The van der Waals surface area contributed by atoms with Crippen molar-refractivity contribution in [2.75, 3.05) is 0 Å². The summed E-state index contributed by atoms with van der Waals surface area (Å²) in [5.41, 5.74) is 3.89. The summed E-state index contributed by atoms with van der Waals surface area (Å²) in [5.74, 6) is 0.0621. The van der Waals surface area contributed by atoms with Crippen LogP contribution in [-0.4, -0.2) is 10.5 Å². The summed E-state index contributed by atoms with van der Waals surface area (Å²) in [4.78, 5) is 13.0. The second-order valence-electron chi connectivity index (χ2n) is 6.02. The van der Waals surface area contributed by atoms with Crippen molar-refractivity contribution in [1.82, 2.24) is 4.57 Å². The molecule has 3 aromatic rings. The van der Waals surface area contributed by atoms with E-state index in [1.165, 1.54) is 5.56 Å². The van der Waals surface area contributed by atoms with E-state index in [-0.39, 0.29) is 11.8 Å². The first-order valence-electron chi connectivity index (χ1n) is 7.90. The van der Waals surface area contributed by atoms with Gasteiger partial charge in [0.2, 0.25) is 0 Å². The van der Waals surface area contributed by atoms with Crippen molar-refractivity contribution in [2.24, 2.45) is 5.92 Å². The zero-order valence-electron chi connectivity index (χ0n) is 12.7. The molecule has 3 nitrogen and oxygen atoms in total. The third kappa shape index (κ3) is 2.15. The van der Waals surface area contributed by atoms with Crippen LogP contribution in [0, 0.1) is 17.2 Å². The molecule has 0 saturated heterocycles. The SMILES string of the molecule is N#CC1CCc2c(c3ccccc3n2C(=O)c2ccccc2)C1. The topological polar surface area (TPSA) is 45.8 Å². The fourth-order valence-electron chi connectivity index (χ4n) is 3.56. The number of fused-ring (bicyclic) bond motifs is 3. The van der Waals surface area contributed by atoms with Crippen molar-refractivity contribution in [3.05, 3.63) is 71.4 Å². The van der Waals surface area contributed by atoms with Crippen molar-refractivity contribution in [3.63, 3.8) is 0 Å². The van der Waals surface area contributed by atoms with E-state index in [9.17, 15) is 10.1 Å². The van der Waals surface area contributed by atoms with E-state index in [1.807, 2.05) is 53.1 Å². The number of benzene rings is 2. The van der Waals surface area contributed by atoms with Crippen LogP contribution >= 0.6 is 0 Å². The highest BCUT2D eigenvalue weighted by Crippen LogP contribution is 2.34. The molecule has 23 heavy (non-hydrogen) atoms. The monoisotopic (exact) mass is 300 g/mol. The number of carbonyl (C=O) groups is 1. The molecule has 0 aliphatic heterocycles. The lowest BCUT2D eigenvalue weighted by atomic mass is 9.87. The maximum absolute atomic E-state index is 13.0. The third-order valence-electron chi connectivity index (χ3n) is 4.67. The van der Waals surface area contributed by atoms with Crippen molar-refractivity contribution >= 4 is 16.8 Å². The normalized spacial score (nSPS) is 16.7. The zero-order chi connectivity index (χ0) is 15.8. The lowest BCUT2D eigenvalue weighted by molar-refractivity contribution is 0.0961. The Morgan fingerprint density at radius 2 is 1.83 bits per heavy atom. The van der Waals surface area contributed by atoms with Crippen LogP contribution in [0.15, 0.2) is 54.6 Å². The van der Waals surface area contributed by atoms with E-state index in [1.54, 1.807) is 0 Å². The Morgan fingerprint density at radius 1 is 1.09 bits per heavy atom. The van der Waals surface area contributed by atoms with Crippen LogP contribution in [-0.2, 0) is 12.8 Å². The van der Waals surface area contributed by atoms with E-state index < -0.39 is 0 Å². The molecule has 1 aliphatic carbocycles. The van der Waals surface area contributed by atoms with Crippen LogP contribution in [0.4, 0.5) is 0 Å². The number of hydrogen-bond donors (Lipinski definition) is 0. The number of para-hydroxylation sites is 1. The van der Waals surface area contributed by atoms with Crippen LogP contribution in [0.1, 0.15) is 28.0 Å². The van der Waals surface area contributed by atoms with Crippen molar-refractivity contribution in [3.8, 4) is 6.07 Å². The number of carbonyl (C=O) groups excluding carboxylic acids is 1. The Labute approximate surface area is 134 Å². The number of nitriles is 1. The van der Waals surface area contributed by atoms with Crippen molar-refractivity contribution < 1.29 is 4.79 Å². The number of aromatic nitrogens is 1. The first-order valence-corrected chi connectivity index (χ1v) is 7.90. The fraction of sp³-hybridized carbons (Fsp3) is 0.200. The lowest BCUT2D eigenvalue weighted by Crippen LogP contribution is -2.19. The van der Waals surface area contributed by atoms with Crippen LogP contribution in [0.5, 0.6) is 0 Å². The van der Waals surface area contributed by atoms with Gasteiger partial charge >= 0.3 is 0 Å². The average molecular weight is 300 g/mol. The van der Waals surface area contributed by atoms with Gasteiger partial charge in [-0.3, -0.25) is 9.36 Å². The van der Waals surface area contributed by atoms with Gasteiger partial charge in [0.15, 0.2) is 0 Å². The molecular formula is C20H16N2O. The first kappa shape index (κ1) is 13.8. The Balaban J connectivity index is 1.94. The summed E-state index contributed by atoms with van der Waals surface area (Å²) in [5, 5.41) is 10.4. The summed E-state index contributed by atoms with van der Waals surface area (Å²) < 4.78 is 1.85. The average Bonchev–Trinajstić information content (AvgIpc) is 2.95. The molecule has 0 amide bonds. The molecular weight excluding hydrogens is 284 g/mol. The largest absolute Gasteiger partial charge is 0.280 e. The van der Waals surface area contributed by atoms with E-state index in [0.717, 1.165) is 35.9 Å². The minimum Gasteiger partial charge on any atom is -0.280 e. The number of nitrogens with zero attached hydrogens (tertiary/aromatic N) is 2. The Morgan fingerprint density at radius 3 is 2.61 bits per heavy atom. The van der Waals surface area contributed by atoms with Gasteiger partial charge in [-0.1, -0.05) is 36.4 Å². The molecule has 0 bridgehead atoms. The smallest absolute Gasteiger partial charge is 0.262 e. The molecule has 0 spiro atoms. The van der Waals surface area contributed by atoms with Gasteiger partial charge in [0.05, 0.1) is 17.5 Å². The molecule has 1 heterocycles. The van der Waals surface area contributed by atoms with Gasteiger partial charge in [0.25, 0.3) is 5.91 Å². The van der Waals surface area contributed by atoms with E-state index in [2.05, 4.69) is 12.1 Å². The molecule has 0 N–H and O–H groups in total. The Kier molecular flexibility index (Phi) is 3.24. The van der Waals surface area contributed by atoms with Gasteiger partial charge in [-0.2, -0.15) is 5.26 Å². The van der Waals surface area contributed by atoms with Gasteiger partial charge < -0.3 is 0 Å². The first-order chi connectivity index (χ1) is 11.3. The van der Waals surface area contributed by atoms with Crippen LogP contribution < -0.4 is 0 Å². The van der Waals surface area contributed by atoms with Gasteiger partial charge in [-0.05, 0) is 43.0 Å². The van der Waals surface area contributed by atoms with Gasteiger partial charge in [0, 0.05) is 16.6 Å². The van der Waals surface area contributed by atoms with E-state index >= 15 is 0 Å². The summed E-state index contributed by atoms with van der Waals surface area (Å²) in [6.45, 7) is 0. The van der Waals surface area contributed by atoms with Crippen molar-refractivity contribution in [2.45, 2.75) is 19.3 Å². The van der Waals surface area contributed by atoms with Gasteiger partial charge in [-0.15, -0.1) is 0 Å². The molecule has 112 valence electrons. The predicted octanol–water partition coefficient (Wildman–Crippen LogP) is 3.96. The van der Waals surface area contributed by atoms with Crippen molar-refractivity contribution in [1.29, 1.82) is 5.26 Å². The van der Waals surface area contributed by atoms with Crippen LogP contribution in [0.2, 0.25) is 0 Å². The second-order valence-corrected chi connectivity index (χ2v) is 6.02. The summed E-state index contributed by atoms with van der Waals surface area (Å²) in [6.07, 6.45) is 2.34. The zero-order valence-corrected chi connectivity index (χ0v) is 12.7. The number of rotatable bonds is 1. The highest BCUT2D eigenvalue weighted by molar-refractivity contribution is 6.04. The maximum Gasteiger partial charge on any atom is 0.262 e. The van der Waals surface area contributed by atoms with Crippen LogP contribution in [0.3, 0.4) is 0 Å². The van der Waals surface area contributed by atoms with Gasteiger partial charge in [0.1, 0.15) is 0 Å². The predicted molar refractivity (Wildman–Crippen MR) is 89.2 cm³/mol. The molecule has 4 rings (SSSR count). The lowest BCUT2D eigenvalue weighted by Gasteiger charge is -2.18. The molecule has 0 radical (unpaired) electrons. The third-order valence-corrected chi connectivity index (χ3v) is 4.67. The minimum absolute atomic E-state index is 0.0125. The molecule has 1 aromatic heterocycles. The maximum atomic E-state index is 13.0. The molecule has 2 aromatic carbocycles. The van der Waals surface area contributed by atoms with E-state index in [4.69, 9.17) is 0 Å². The Hall–Kier alpha value is -2.86. The van der Waals surface area contributed by atoms with E-state index in [0.29, 0.717) is 5.56 Å². The highest BCUT2D eigenvalue weighted by atomic mass is 16.2. The summed E-state index contributed by atoms with van der Waals surface area (Å²) in [7, 11) is 0. The van der Waals surface area contributed by atoms with Gasteiger partial charge in [-0.25, -0.2) is 0 Å².